The van der Waals surface area contributed by atoms with Crippen molar-refractivity contribution in [2.24, 2.45) is 0 Å². The molecule has 2 heteroatoms. The Morgan fingerprint density at radius 1 is 1.00 bits per heavy atom. The number of aromatic carboxylic acids is 1. The molecule has 0 saturated carbocycles. The van der Waals surface area contributed by atoms with Gasteiger partial charge in [-0.1, -0.05) is 89.9 Å². The molecule has 1 atom stereocenters. The van der Waals surface area contributed by atoms with Gasteiger partial charge >= 0.3 is 5.97 Å². The molecular weight excluding hydrogens is 368 g/mol. The van der Waals surface area contributed by atoms with Crippen LogP contribution in [-0.4, -0.2) is 11.1 Å². The van der Waals surface area contributed by atoms with E-state index >= 15 is 0 Å². The largest absolute Gasteiger partial charge is 0.478 e. The number of rotatable bonds is 7. The normalized spacial score (nSPS) is 18.2. The Balaban J connectivity index is 1.93. The highest BCUT2D eigenvalue weighted by Gasteiger charge is 2.37. The van der Waals surface area contributed by atoms with Crippen LogP contribution in [0, 0.1) is 0 Å². The molecule has 3 rings (SSSR count). The Labute approximate surface area is 182 Å². The summed E-state index contributed by atoms with van der Waals surface area (Å²) in [5.41, 5.74) is 6.24. The first-order valence-electron chi connectivity index (χ1n) is 11.3. The van der Waals surface area contributed by atoms with Crippen LogP contribution >= 0.6 is 0 Å². The fourth-order valence-corrected chi connectivity index (χ4v) is 4.60. The molecule has 2 nitrogen and oxygen atoms in total. The number of hydrogen-bond acceptors (Lipinski definition) is 1. The zero-order chi connectivity index (χ0) is 21.9. The third-order valence-corrected chi connectivity index (χ3v) is 6.85. The maximum atomic E-state index is 11.1. The van der Waals surface area contributed by atoms with Gasteiger partial charge in [-0.2, -0.15) is 0 Å². The summed E-state index contributed by atoms with van der Waals surface area (Å²) in [6.07, 6.45) is 10.4. The standard InChI is InChI=1S/C28H36O2/c1-6-7-8-21(12-9-20-10-13-22(14-11-20)26(29)30)23-15-16-24-25(19-23)28(4,5)18-17-27(24,2)3/h9-16,19,21H,6-8,17-18H2,1-5H3,(H,29,30). The highest BCUT2D eigenvalue weighted by molar-refractivity contribution is 5.87. The number of carbonyl (C=O) groups is 1. The van der Waals surface area contributed by atoms with Crippen molar-refractivity contribution in [3.63, 3.8) is 0 Å². The van der Waals surface area contributed by atoms with E-state index in [1.54, 1.807) is 12.1 Å². The van der Waals surface area contributed by atoms with E-state index in [2.05, 4.69) is 65.0 Å². The summed E-state index contributed by atoms with van der Waals surface area (Å²) in [6.45, 7) is 11.7. The Kier molecular flexibility index (Phi) is 6.55. The maximum Gasteiger partial charge on any atom is 0.335 e. The van der Waals surface area contributed by atoms with Gasteiger partial charge in [0, 0.05) is 5.92 Å². The van der Waals surface area contributed by atoms with E-state index in [9.17, 15) is 4.79 Å². The summed E-state index contributed by atoms with van der Waals surface area (Å²) in [7, 11) is 0. The van der Waals surface area contributed by atoms with E-state index < -0.39 is 5.97 Å². The molecule has 30 heavy (non-hydrogen) atoms. The molecule has 0 saturated heterocycles. The van der Waals surface area contributed by atoms with Crippen LogP contribution in [0.25, 0.3) is 6.08 Å². The molecule has 0 heterocycles. The lowest BCUT2D eigenvalue weighted by Crippen LogP contribution is -2.34. The first kappa shape index (κ1) is 22.3. The molecule has 1 aliphatic rings. The summed E-state index contributed by atoms with van der Waals surface area (Å²) in [4.78, 5) is 11.1. The molecule has 1 aliphatic carbocycles. The molecule has 2 aromatic rings. The van der Waals surface area contributed by atoms with Crippen molar-refractivity contribution in [1.82, 2.24) is 0 Å². The van der Waals surface area contributed by atoms with Crippen LogP contribution in [0.5, 0.6) is 0 Å². The van der Waals surface area contributed by atoms with E-state index in [1.165, 1.54) is 42.4 Å². The lowest BCUT2D eigenvalue weighted by molar-refractivity contribution is 0.0697. The Bertz CT molecular complexity index is 916. The minimum Gasteiger partial charge on any atom is -0.478 e. The summed E-state index contributed by atoms with van der Waals surface area (Å²) in [6, 6.07) is 14.3. The van der Waals surface area contributed by atoms with Crippen molar-refractivity contribution in [1.29, 1.82) is 0 Å². The topological polar surface area (TPSA) is 37.3 Å². The van der Waals surface area contributed by atoms with Gasteiger partial charge in [0.15, 0.2) is 0 Å². The lowest BCUT2D eigenvalue weighted by atomic mass is 9.62. The number of benzene rings is 2. The molecule has 0 fully saturated rings. The molecular formula is C28H36O2. The Morgan fingerprint density at radius 3 is 2.23 bits per heavy atom. The molecule has 0 aromatic heterocycles. The van der Waals surface area contributed by atoms with Gasteiger partial charge < -0.3 is 5.11 Å². The average molecular weight is 405 g/mol. The van der Waals surface area contributed by atoms with Gasteiger partial charge in [0.1, 0.15) is 0 Å². The van der Waals surface area contributed by atoms with Crippen LogP contribution in [0.4, 0.5) is 0 Å². The average Bonchev–Trinajstić information content (AvgIpc) is 2.72. The second-order valence-corrected chi connectivity index (χ2v) is 10.1. The number of hydrogen-bond donors (Lipinski definition) is 1. The van der Waals surface area contributed by atoms with Crippen LogP contribution in [0.3, 0.4) is 0 Å². The summed E-state index contributed by atoms with van der Waals surface area (Å²) >= 11 is 0. The van der Waals surface area contributed by atoms with Gasteiger partial charge in [-0.05, 0) is 64.5 Å². The van der Waals surface area contributed by atoms with Gasteiger partial charge in [0.2, 0.25) is 0 Å². The van der Waals surface area contributed by atoms with E-state index in [0.717, 1.165) is 12.0 Å². The predicted molar refractivity (Wildman–Crippen MR) is 126 cm³/mol. The van der Waals surface area contributed by atoms with E-state index in [1.807, 2.05) is 12.1 Å². The van der Waals surface area contributed by atoms with Gasteiger partial charge in [-0.15, -0.1) is 0 Å². The first-order valence-corrected chi connectivity index (χ1v) is 11.3. The lowest BCUT2D eigenvalue weighted by Gasteiger charge is -2.42. The van der Waals surface area contributed by atoms with Crippen LogP contribution in [0.1, 0.15) is 105 Å². The number of carboxylic acids is 1. The van der Waals surface area contributed by atoms with Gasteiger partial charge in [-0.3, -0.25) is 0 Å². The zero-order valence-corrected chi connectivity index (χ0v) is 19.2. The summed E-state index contributed by atoms with van der Waals surface area (Å²) in [5.74, 6) is -0.513. The van der Waals surface area contributed by atoms with Gasteiger partial charge in [0.25, 0.3) is 0 Å². The van der Waals surface area contributed by atoms with Crippen molar-refractivity contribution in [2.45, 2.75) is 83.5 Å². The third-order valence-electron chi connectivity index (χ3n) is 6.85. The fourth-order valence-electron chi connectivity index (χ4n) is 4.60. The summed E-state index contributed by atoms with van der Waals surface area (Å²) < 4.78 is 0. The molecule has 2 aromatic carbocycles. The molecule has 1 N–H and O–H groups in total. The van der Waals surface area contributed by atoms with Gasteiger partial charge in [-0.25, -0.2) is 4.79 Å². The number of carboxylic acid groups (broad SMARTS) is 1. The third kappa shape index (κ3) is 4.86. The predicted octanol–water partition coefficient (Wildman–Crippen LogP) is 7.72. The van der Waals surface area contributed by atoms with E-state index in [4.69, 9.17) is 5.11 Å². The number of unbranched alkanes of at least 4 members (excludes halogenated alkanes) is 1. The summed E-state index contributed by atoms with van der Waals surface area (Å²) in [5, 5.41) is 9.10. The second kappa shape index (κ2) is 8.79. The van der Waals surface area contributed by atoms with Crippen molar-refractivity contribution in [3.8, 4) is 0 Å². The first-order chi connectivity index (χ1) is 14.1. The van der Waals surface area contributed by atoms with Crippen LogP contribution in [0.15, 0.2) is 48.5 Å². The van der Waals surface area contributed by atoms with Crippen molar-refractivity contribution < 1.29 is 9.90 Å². The van der Waals surface area contributed by atoms with Crippen LogP contribution in [0.2, 0.25) is 0 Å². The fraction of sp³-hybridized carbons (Fsp3) is 0.464. The molecule has 0 amide bonds. The SMILES string of the molecule is CCCCC(C=Cc1ccc(C(=O)O)cc1)c1ccc2c(c1)C(C)(C)CCC2(C)C. The quantitative estimate of drug-likeness (QED) is 0.513. The monoisotopic (exact) mass is 404 g/mol. The van der Waals surface area contributed by atoms with Crippen molar-refractivity contribution >= 4 is 12.0 Å². The molecule has 0 spiro atoms. The molecule has 0 bridgehead atoms. The number of allylic oxidation sites excluding steroid dienone is 1. The molecule has 0 radical (unpaired) electrons. The number of fused-ring (bicyclic) bond motifs is 1. The molecule has 160 valence electrons. The van der Waals surface area contributed by atoms with E-state index in [0.29, 0.717) is 11.5 Å². The zero-order valence-electron chi connectivity index (χ0n) is 19.2. The van der Waals surface area contributed by atoms with Crippen LogP contribution < -0.4 is 0 Å². The minimum atomic E-state index is -0.883. The highest BCUT2D eigenvalue weighted by Crippen LogP contribution is 2.46. The van der Waals surface area contributed by atoms with Crippen molar-refractivity contribution in [2.75, 3.05) is 0 Å². The van der Waals surface area contributed by atoms with Crippen molar-refractivity contribution in [3.05, 3.63) is 76.4 Å². The Morgan fingerprint density at radius 2 is 1.63 bits per heavy atom. The molecule has 1 unspecified atom stereocenters. The van der Waals surface area contributed by atoms with Gasteiger partial charge in [0.05, 0.1) is 5.56 Å². The maximum absolute atomic E-state index is 11.1. The second-order valence-electron chi connectivity index (χ2n) is 10.1. The van der Waals surface area contributed by atoms with E-state index in [-0.39, 0.29) is 10.8 Å². The van der Waals surface area contributed by atoms with Crippen LogP contribution in [-0.2, 0) is 10.8 Å². The molecule has 0 aliphatic heterocycles. The minimum absolute atomic E-state index is 0.215. The Hall–Kier alpha value is -2.35. The highest BCUT2D eigenvalue weighted by atomic mass is 16.4. The smallest absolute Gasteiger partial charge is 0.335 e.